The van der Waals surface area contributed by atoms with E-state index in [0.717, 1.165) is 52.5 Å². The summed E-state index contributed by atoms with van der Waals surface area (Å²) >= 11 is 7.94. The maximum absolute atomic E-state index is 6.27. The lowest BCUT2D eigenvalue weighted by Crippen LogP contribution is -2.39. The van der Waals surface area contributed by atoms with Crippen molar-refractivity contribution in [1.29, 1.82) is 0 Å². The molecule has 0 spiro atoms. The first kappa shape index (κ1) is 18.5. The van der Waals surface area contributed by atoms with E-state index >= 15 is 0 Å². The van der Waals surface area contributed by atoms with Gasteiger partial charge in [0.2, 0.25) is 0 Å². The van der Waals surface area contributed by atoms with Crippen LogP contribution < -0.4 is 10.1 Å². The Kier molecular flexibility index (Phi) is 6.87. The van der Waals surface area contributed by atoms with E-state index in [1.165, 1.54) is 0 Å². The number of ether oxygens (including phenoxy) is 1. The molecule has 1 heterocycles. The van der Waals surface area contributed by atoms with Crippen LogP contribution in [0.3, 0.4) is 0 Å². The van der Waals surface area contributed by atoms with Gasteiger partial charge in [-0.05, 0) is 31.0 Å². The number of aliphatic imine (C=N–C) groups is 1. The van der Waals surface area contributed by atoms with Crippen molar-refractivity contribution >= 4 is 28.9 Å². The standard InChI is InChI=1S/C17H23ClN4OS/c1-12-21-14(11-24-12)10-22(3)17(19-2)20-8-7-13-5-6-15(23-4)9-16(13)18/h5-6,9,11H,7-8,10H2,1-4H3,(H,19,20). The van der Waals surface area contributed by atoms with Crippen molar-refractivity contribution < 1.29 is 4.74 Å². The van der Waals surface area contributed by atoms with Gasteiger partial charge in [-0.15, -0.1) is 11.3 Å². The van der Waals surface area contributed by atoms with Crippen molar-refractivity contribution in [1.82, 2.24) is 15.2 Å². The highest BCUT2D eigenvalue weighted by molar-refractivity contribution is 7.09. The summed E-state index contributed by atoms with van der Waals surface area (Å²) in [5.41, 5.74) is 2.14. The predicted molar refractivity (Wildman–Crippen MR) is 101 cm³/mol. The molecule has 130 valence electrons. The summed E-state index contributed by atoms with van der Waals surface area (Å²) in [5.74, 6) is 1.61. The Hall–Kier alpha value is -1.79. The molecule has 0 radical (unpaired) electrons. The van der Waals surface area contributed by atoms with Gasteiger partial charge in [0.15, 0.2) is 5.96 Å². The molecular weight excluding hydrogens is 344 g/mol. The number of nitrogens with zero attached hydrogens (tertiary/aromatic N) is 3. The number of guanidine groups is 1. The summed E-state index contributed by atoms with van der Waals surface area (Å²) in [6, 6.07) is 5.75. The highest BCUT2D eigenvalue weighted by Gasteiger charge is 2.09. The zero-order chi connectivity index (χ0) is 17.5. The second-order valence-corrected chi connectivity index (χ2v) is 6.86. The van der Waals surface area contributed by atoms with Crippen LogP contribution in [0.4, 0.5) is 0 Å². The molecule has 24 heavy (non-hydrogen) atoms. The Morgan fingerprint density at radius 1 is 1.46 bits per heavy atom. The van der Waals surface area contributed by atoms with Gasteiger partial charge < -0.3 is 15.0 Å². The van der Waals surface area contributed by atoms with Gasteiger partial charge in [-0.25, -0.2) is 4.98 Å². The molecule has 1 aromatic heterocycles. The summed E-state index contributed by atoms with van der Waals surface area (Å²) in [6.07, 6.45) is 0.811. The van der Waals surface area contributed by atoms with Crippen molar-refractivity contribution in [3.63, 3.8) is 0 Å². The van der Waals surface area contributed by atoms with Gasteiger partial charge in [-0.2, -0.15) is 0 Å². The van der Waals surface area contributed by atoms with Crippen LogP contribution in [0.5, 0.6) is 5.75 Å². The number of nitrogens with one attached hydrogen (secondary N) is 1. The molecule has 5 nitrogen and oxygen atoms in total. The molecule has 0 saturated heterocycles. The first-order valence-corrected chi connectivity index (χ1v) is 8.94. The number of halogens is 1. The third kappa shape index (κ3) is 5.11. The molecule has 1 N–H and O–H groups in total. The van der Waals surface area contributed by atoms with Crippen LogP contribution in [0.25, 0.3) is 0 Å². The smallest absolute Gasteiger partial charge is 0.193 e. The number of benzene rings is 1. The third-order valence-corrected chi connectivity index (χ3v) is 4.75. The molecule has 0 saturated carbocycles. The third-order valence-electron chi connectivity index (χ3n) is 3.58. The number of methoxy groups -OCH3 is 1. The maximum atomic E-state index is 6.27. The highest BCUT2D eigenvalue weighted by Crippen LogP contribution is 2.22. The number of hydrogen-bond acceptors (Lipinski definition) is 4. The minimum absolute atomic E-state index is 0.720. The number of aromatic nitrogens is 1. The average Bonchev–Trinajstić information content (AvgIpc) is 2.97. The number of aryl methyl sites for hydroxylation is 1. The van der Waals surface area contributed by atoms with Gasteiger partial charge in [0.05, 0.1) is 24.4 Å². The van der Waals surface area contributed by atoms with Crippen LogP contribution >= 0.6 is 22.9 Å². The van der Waals surface area contributed by atoms with E-state index in [0.29, 0.717) is 0 Å². The molecular formula is C17H23ClN4OS. The molecule has 0 fully saturated rings. The molecule has 1 aromatic carbocycles. The van der Waals surface area contributed by atoms with Gasteiger partial charge in [-0.3, -0.25) is 4.99 Å². The van der Waals surface area contributed by atoms with Gasteiger partial charge in [0.1, 0.15) is 5.75 Å². The van der Waals surface area contributed by atoms with Crippen LogP contribution in [0.15, 0.2) is 28.6 Å². The first-order valence-electron chi connectivity index (χ1n) is 7.68. The molecule has 0 bridgehead atoms. The number of rotatable bonds is 6. The summed E-state index contributed by atoms with van der Waals surface area (Å²) in [6.45, 7) is 3.49. The lowest BCUT2D eigenvalue weighted by Gasteiger charge is -2.21. The average molecular weight is 367 g/mol. The summed E-state index contributed by atoms with van der Waals surface area (Å²) < 4.78 is 5.17. The highest BCUT2D eigenvalue weighted by atomic mass is 35.5. The van der Waals surface area contributed by atoms with E-state index in [9.17, 15) is 0 Å². The number of thiazole rings is 1. The Bertz CT molecular complexity index is 702. The van der Waals surface area contributed by atoms with Crippen molar-refractivity contribution in [2.75, 3.05) is 27.7 Å². The lowest BCUT2D eigenvalue weighted by molar-refractivity contribution is 0.414. The van der Waals surface area contributed by atoms with E-state index in [2.05, 4.69) is 25.6 Å². The Balaban J connectivity index is 1.87. The molecule has 0 aliphatic carbocycles. The van der Waals surface area contributed by atoms with E-state index in [1.807, 2.05) is 32.2 Å². The lowest BCUT2D eigenvalue weighted by atomic mass is 10.1. The molecule has 0 amide bonds. The molecule has 0 unspecified atom stereocenters. The summed E-state index contributed by atoms with van der Waals surface area (Å²) in [5, 5.41) is 7.24. The van der Waals surface area contributed by atoms with Crippen LogP contribution in [-0.2, 0) is 13.0 Å². The monoisotopic (exact) mass is 366 g/mol. The van der Waals surface area contributed by atoms with E-state index in [1.54, 1.807) is 25.5 Å². The fraction of sp³-hybridized carbons (Fsp3) is 0.412. The topological polar surface area (TPSA) is 49.8 Å². The maximum Gasteiger partial charge on any atom is 0.193 e. The van der Waals surface area contributed by atoms with Crippen LogP contribution in [-0.4, -0.2) is 43.6 Å². The minimum Gasteiger partial charge on any atom is -0.497 e. The fourth-order valence-corrected chi connectivity index (χ4v) is 3.22. The van der Waals surface area contributed by atoms with Crippen molar-refractivity contribution in [2.45, 2.75) is 19.9 Å². The summed E-state index contributed by atoms with van der Waals surface area (Å²) in [7, 11) is 5.42. The van der Waals surface area contributed by atoms with Gasteiger partial charge in [-0.1, -0.05) is 17.7 Å². The molecule has 0 atom stereocenters. The van der Waals surface area contributed by atoms with Crippen LogP contribution in [0.2, 0.25) is 5.02 Å². The van der Waals surface area contributed by atoms with Gasteiger partial charge in [0, 0.05) is 31.0 Å². The Labute approximate surface area is 152 Å². The Morgan fingerprint density at radius 3 is 2.83 bits per heavy atom. The second kappa shape index (κ2) is 8.89. The van der Waals surface area contributed by atoms with E-state index in [-0.39, 0.29) is 0 Å². The molecule has 0 aliphatic heterocycles. The second-order valence-electron chi connectivity index (χ2n) is 5.40. The van der Waals surface area contributed by atoms with Crippen molar-refractivity contribution in [2.24, 2.45) is 4.99 Å². The predicted octanol–water partition coefficient (Wildman–Crippen LogP) is 3.36. The van der Waals surface area contributed by atoms with Crippen LogP contribution in [0.1, 0.15) is 16.3 Å². The molecule has 0 aliphatic rings. The zero-order valence-electron chi connectivity index (χ0n) is 14.5. The van der Waals surface area contributed by atoms with Crippen molar-refractivity contribution in [3.05, 3.63) is 44.9 Å². The molecule has 7 heteroatoms. The van der Waals surface area contributed by atoms with E-state index in [4.69, 9.17) is 16.3 Å². The molecule has 2 rings (SSSR count). The van der Waals surface area contributed by atoms with Crippen LogP contribution in [0, 0.1) is 6.92 Å². The largest absolute Gasteiger partial charge is 0.497 e. The normalized spacial score (nSPS) is 11.5. The van der Waals surface area contributed by atoms with Gasteiger partial charge >= 0.3 is 0 Å². The quantitative estimate of drug-likeness (QED) is 0.629. The number of hydrogen-bond donors (Lipinski definition) is 1. The Morgan fingerprint density at radius 2 is 2.25 bits per heavy atom. The summed E-state index contributed by atoms with van der Waals surface area (Å²) in [4.78, 5) is 10.9. The van der Waals surface area contributed by atoms with E-state index < -0.39 is 0 Å². The fourth-order valence-electron chi connectivity index (χ4n) is 2.35. The zero-order valence-corrected chi connectivity index (χ0v) is 16.0. The molecule has 2 aromatic rings. The first-order chi connectivity index (χ1) is 11.5. The van der Waals surface area contributed by atoms with Gasteiger partial charge in [0.25, 0.3) is 0 Å². The van der Waals surface area contributed by atoms with Crippen molar-refractivity contribution in [3.8, 4) is 5.75 Å². The minimum atomic E-state index is 0.720. The SMILES string of the molecule is CN=C(NCCc1ccc(OC)cc1Cl)N(C)Cc1csc(C)n1.